The fourth-order valence-corrected chi connectivity index (χ4v) is 1.91. The SMILES string of the molecule is CCN(CCC#N)c1ncnc2ccc(N)cc12. The van der Waals surface area contributed by atoms with Gasteiger partial charge in [0.25, 0.3) is 0 Å². The molecule has 2 aromatic rings. The molecule has 2 N–H and O–H groups in total. The van der Waals surface area contributed by atoms with Crippen LogP contribution >= 0.6 is 0 Å². The maximum atomic E-state index is 8.69. The zero-order valence-corrected chi connectivity index (χ0v) is 10.3. The van der Waals surface area contributed by atoms with Crippen molar-refractivity contribution in [2.75, 3.05) is 23.7 Å². The summed E-state index contributed by atoms with van der Waals surface area (Å²) in [6, 6.07) is 7.73. The van der Waals surface area contributed by atoms with E-state index >= 15 is 0 Å². The average molecular weight is 241 g/mol. The minimum Gasteiger partial charge on any atom is -0.399 e. The first kappa shape index (κ1) is 12.1. The normalized spacial score (nSPS) is 10.2. The zero-order chi connectivity index (χ0) is 13.0. The van der Waals surface area contributed by atoms with E-state index in [2.05, 4.69) is 20.9 Å². The van der Waals surface area contributed by atoms with Crippen molar-refractivity contribution in [1.82, 2.24) is 9.97 Å². The van der Waals surface area contributed by atoms with Crippen LogP contribution < -0.4 is 10.6 Å². The first-order chi connectivity index (χ1) is 8.76. The van der Waals surface area contributed by atoms with Gasteiger partial charge in [-0.15, -0.1) is 0 Å². The molecule has 2 rings (SSSR count). The molecule has 1 aromatic heterocycles. The van der Waals surface area contributed by atoms with Crippen LogP contribution in [0.3, 0.4) is 0 Å². The molecular weight excluding hydrogens is 226 g/mol. The van der Waals surface area contributed by atoms with Crippen molar-refractivity contribution < 1.29 is 0 Å². The number of rotatable bonds is 4. The van der Waals surface area contributed by atoms with E-state index in [0.717, 1.165) is 23.3 Å². The lowest BCUT2D eigenvalue weighted by atomic mass is 10.2. The van der Waals surface area contributed by atoms with Gasteiger partial charge < -0.3 is 10.6 Å². The number of fused-ring (bicyclic) bond motifs is 1. The summed E-state index contributed by atoms with van der Waals surface area (Å²) in [5, 5.41) is 9.61. The third-order valence-electron chi connectivity index (χ3n) is 2.81. The highest BCUT2D eigenvalue weighted by Gasteiger charge is 2.10. The second-order valence-corrected chi connectivity index (χ2v) is 3.96. The molecule has 0 radical (unpaired) electrons. The number of hydrogen-bond acceptors (Lipinski definition) is 5. The van der Waals surface area contributed by atoms with Gasteiger partial charge in [0.2, 0.25) is 0 Å². The van der Waals surface area contributed by atoms with Gasteiger partial charge in [0.1, 0.15) is 12.1 Å². The molecule has 0 spiro atoms. The van der Waals surface area contributed by atoms with Crippen molar-refractivity contribution in [3.05, 3.63) is 24.5 Å². The summed E-state index contributed by atoms with van der Waals surface area (Å²) in [4.78, 5) is 10.6. The Morgan fingerprint density at radius 3 is 2.94 bits per heavy atom. The maximum Gasteiger partial charge on any atom is 0.139 e. The molecule has 0 saturated heterocycles. The Morgan fingerprint density at radius 2 is 2.22 bits per heavy atom. The van der Waals surface area contributed by atoms with Gasteiger partial charge in [0, 0.05) is 24.2 Å². The second-order valence-electron chi connectivity index (χ2n) is 3.96. The third-order valence-corrected chi connectivity index (χ3v) is 2.81. The lowest BCUT2D eigenvalue weighted by Crippen LogP contribution is -2.25. The Kier molecular flexibility index (Phi) is 3.58. The lowest BCUT2D eigenvalue weighted by molar-refractivity contribution is 0.813. The molecule has 0 aliphatic heterocycles. The van der Waals surface area contributed by atoms with Crippen LogP contribution in [0.15, 0.2) is 24.5 Å². The van der Waals surface area contributed by atoms with Crippen LogP contribution in [0.2, 0.25) is 0 Å². The Labute approximate surface area is 106 Å². The molecule has 0 aliphatic carbocycles. The fraction of sp³-hybridized carbons (Fsp3) is 0.308. The first-order valence-electron chi connectivity index (χ1n) is 5.88. The largest absolute Gasteiger partial charge is 0.399 e. The van der Waals surface area contributed by atoms with Gasteiger partial charge in [-0.3, -0.25) is 0 Å². The molecule has 0 saturated carbocycles. The van der Waals surface area contributed by atoms with Crippen LogP contribution in [0.1, 0.15) is 13.3 Å². The number of nitriles is 1. The second kappa shape index (κ2) is 5.32. The van der Waals surface area contributed by atoms with Crippen LogP contribution in [-0.4, -0.2) is 23.1 Å². The third kappa shape index (κ3) is 2.33. The Morgan fingerprint density at radius 1 is 1.39 bits per heavy atom. The summed E-state index contributed by atoms with van der Waals surface area (Å²) >= 11 is 0. The molecule has 0 fully saturated rings. The topological polar surface area (TPSA) is 78.8 Å². The highest BCUT2D eigenvalue weighted by molar-refractivity contribution is 5.91. The lowest BCUT2D eigenvalue weighted by Gasteiger charge is -2.21. The molecule has 1 heterocycles. The summed E-state index contributed by atoms with van der Waals surface area (Å²) in [6.45, 7) is 3.49. The van der Waals surface area contributed by atoms with Gasteiger partial charge in [-0.1, -0.05) is 0 Å². The minimum atomic E-state index is 0.474. The van der Waals surface area contributed by atoms with E-state index in [1.165, 1.54) is 0 Å². The Bertz CT molecular complexity index is 587. The summed E-state index contributed by atoms with van der Waals surface area (Å²) in [6.07, 6.45) is 2.02. The van der Waals surface area contributed by atoms with Crippen molar-refractivity contribution >= 4 is 22.4 Å². The van der Waals surface area contributed by atoms with E-state index in [9.17, 15) is 0 Å². The average Bonchev–Trinajstić information content (AvgIpc) is 2.40. The van der Waals surface area contributed by atoms with Crippen LogP contribution in [-0.2, 0) is 0 Å². The highest BCUT2D eigenvalue weighted by Crippen LogP contribution is 2.24. The molecular formula is C13H15N5. The molecule has 0 aliphatic rings. The van der Waals surface area contributed by atoms with Crippen molar-refractivity contribution in [2.45, 2.75) is 13.3 Å². The predicted molar refractivity (Wildman–Crippen MR) is 72.1 cm³/mol. The number of anilines is 2. The van der Waals surface area contributed by atoms with Gasteiger partial charge in [-0.2, -0.15) is 5.26 Å². The Hall–Kier alpha value is -2.35. The van der Waals surface area contributed by atoms with Crippen molar-refractivity contribution in [3.8, 4) is 6.07 Å². The molecule has 18 heavy (non-hydrogen) atoms. The van der Waals surface area contributed by atoms with E-state index in [1.54, 1.807) is 6.33 Å². The van der Waals surface area contributed by atoms with Crippen molar-refractivity contribution in [2.24, 2.45) is 0 Å². The summed E-state index contributed by atoms with van der Waals surface area (Å²) in [5.74, 6) is 0.838. The number of nitrogen functional groups attached to an aromatic ring is 1. The van der Waals surface area contributed by atoms with Crippen molar-refractivity contribution in [3.63, 3.8) is 0 Å². The van der Waals surface area contributed by atoms with Crippen LogP contribution in [0.5, 0.6) is 0 Å². The van der Waals surface area contributed by atoms with Gasteiger partial charge in [-0.25, -0.2) is 9.97 Å². The summed E-state index contributed by atoms with van der Waals surface area (Å²) < 4.78 is 0. The molecule has 5 heteroatoms. The number of benzene rings is 1. The van der Waals surface area contributed by atoms with Gasteiger partial charge >= 0.3 is 0 Å². The highest BCUT2D eigenvalue weighted by atomic mass is 15.2. The smallest absolute Gasteiger partial charge is 0.139 e. The summed E-state index contributed by atoms with van der Waals surface area (Å²) in [5.41, 5.74) is 7.36. The molecule has 0 unspecified atom stereocenters. The van der Waals surface area contributed by atoms with Gasteiger partial charge in [-0.05, 0) is 25.1 Å². The molecule has 5 nitrogen and oxygen atoms in total. The zero-order valence-electron chi connectivity index (χ0n) is 10.3. The quantitative estimate of drug-likeness (QED) is 0.828. The van der Waals surface area contributed by atoms with Crippen LogP contribution in [0.4, 0.5) is 11.5 Å². The first-order valence-corrected chi connectivity index (χ1v) is 5.88. The standard InChI is InChI=1S/C13H15N5/c1-2-18(7-3-6-14)13-11-8-10(15)4-5-12(11)16-9-17-13/h4-5,8-9H,2-3,7,15H2,1H3. The number of nitrogens with zero attached hydrogens (tertiary/aromatic N) is 4. The van der Waals surface area contributed by atoms with Gasteiger partial charge in [0.15, 0.2) is 0 Å². The summed E-state index contributed by atoms with van der Waals surface area (Å²) in [7, 11) is 0. The molecule has 0 bridgehead atoms. The fourth-order valence-electron chi connectivity index (χ4n) is 1.91. The molecule has 0 atom stereocenters. The van der Waals surface area contributed by atoms with E-state index < -0.39 is 0 Å². The predicted octanol–water partition coefficient (Wildman–Crippen LogP) is 1.95. The van der Waals surface area contributed by atoms with E-state index in [4.69, 9.17) is 11.0 Å². The van der Waals surface area contributed by atoms with Crippen LogP contribution in [0.25, 0.3) is 10.9 Å². The molecule has 1 aromatic carbocycles. The maximum absolute atomic E-state index is 8.69. The number of aromatic nitrogens is 2. The minimum absolute atomic E-state index is 0.474. The van der Waals surface area contributed by atoms with Crippen molar-refractivity contribution in [1.29, 1.82) is 5.26 Å². The van der Waals surface area contributed by atoms with Gasteiger partial charge in [0.05, 0.1) is 18.0 Å². The van der Waals surface area contributed by atoms with E-state index in [0.29, 0.717) is 18.7 Å². The van der Waals surface area contributed by atoms with E-state index in [1.807, 2.05) is 25.1 Å². The van der Waals surface area contributed by atoms with E-state index in [-0.39, 0.29) is 0 Å². The number of hydrogen-bond donors (Lipinski definition) is 1. The Balaban J connectivity index is 2.48. The number of nitrogens with two attached hydrogens (primary N) is 1. The van der Waals surface area contributed by atoms with Crippen LogP contribution in [0, 0.1) is 11.3 Å². The molecule has 92 valence electrons. The molecule has 0 amide bonds. The monoisotopic (exact) mass is 241 g/mol.